The first-order valence-electron chi connectivity index (χ1n) is 6.01. The highest BCUT2D eigenvalue weighted by Gasteiger charge is 2.37. The molecule has 2 nitrogen and oxygen atoms in total. The van der Waals surface area contributed by atoms with E-state index < -0.39 is 26.4 Å². The molecule has 0 N–H and O–H groups in total. The molecule has 0 saturated carbocycles. The summed E-state index contributed by atoms with van der Waals surface area (Å²) < 4.78 is 12.4. The average molecular weight is 265 g/mol. The maximum atomic E-state index is 6.36. The summed E-state index contributed by atoms with van der Waals surface area (Å²) in [5, 5.41) is 0.110. The maximum Gasteiger partial charge on any atom is 0.321 e. The van der Waals surface area contributed by atoms with E-state index >= 15 is 0 Å². The lowest BCUT2D eigenvalue weighted by molar-refractivity contribution is 0.124. The van der Waals surface area contributed by atoms with Gasteiger partial charge in [0.2, 0.25) is 0 Å². The Balaban J connectivity index is 4.53. The molecular formula is C10H28O2Si3. The summed E-state index contributed by atoms with van der Waals surface area (Å²) in [5.74, 6) is 0. The fourth-order valence-corrected chi connectivity index (χ4v) is 10.4. The fraction of sp³-hybridized carbons (Fsp3) is 1.00. The second-order valence-electron chi connectivity index (χ2n) is 5.49. The lowest BCUT2D eigenvalue weighted by Crippen LogP contribution is -2.52. The van der Waals surface area contributed by atoms with Gasteiger partial charge in [-0.25, -0.2) is 0 Å². The molecular weight excluding hydrogens is 236 g/mol. The quantitative estimate of drug-likeness (QED) is 0.687. The van der Waals surface area contributed by atoms with Gasteiger partial charge in [0.25, 0.3) is 0 Å². The zero-order valence-corrected chi connectivity index (χ0v) is 15.0. The van der Waals surface area contributed by atoms with Gasteiger partial charge >= 0.3 is 8.56 Å². The van der Waals surface area contributed by atoms with Gasteiger partial charge in [-0.05, 0) is 39.5 Å². The third kappa shape index (κ3) is 5.44. The third-order valence-electron chi connectivity index (χ3n) is 2.92. The van der Waals surface area contributed by atoms with E-state index in [9.17, 15) is 0 Å². The van der Waals surface area contributed by atoms with E-state index in [0.717, 1.165) is 6.42 Å². The van der Waals surface area contributed by atoms with E-state index in [2.05, 4.69) is 53.1 Å². The summed E-state index contributed by atoms with van der Waals surface area (Å²) in [5.41, 5.74) is 0. The molecule has 0 aliphatic heterocycles. The molecule has 0 aromatic rings. The standard InChI is InChI=1S/C10H28O2Si3/c1-9-10(2,13(3)4)11-15(7,8)12-14(5)6/h13-14H,9H2,1-8H3. The Labute approximate surface area is 100.0 Å². The van der Waals surface area contributed by atoms with Crippen LogP contribution in [0.15, 0.2) is 0 Å². The Morgan fingerprint density at radius 1 is 1.13 bits per heavy atom. The van der Waals surface area contributed by atoms with E-state index in [4.69, 9.17) is 8.54 Å². The second kappa shape index (κ2) is 5.77. The minimum Gasteiger partial charge on any atom is -0.439 e. The summed E-state index contributed by atoms with van der Waals surface area (Å²) in [6, 6.07) is 0. The van der Waals surface area contributed by atoms with Crippen molar-refractivity contribution in [1.82, 2.24) is 0 Å². The van der Waals surface area contributed by atoms with E-state index in [0.29, 0.717) is 0 Å². The van der Waals surface area contributed by atoms with Gasteiger partial charge in [0.05, 0.1) is 8.80 Å². The molecule has 0 spiro atoms. The highest BCUT2D eigenvalue weighted by atomic mass is 28.4. The summed E-state index contributed by atoms with van der Waals surface area (Å²) >= 11 is 0. The number of hydrogen-bond acceptors (Lipinski definition) is 2. The average Bonchev–Trinajstić information content (AvgIpc) is 2.00. The van der Waals surface area contributed by atoms with E-state index in [1.165, 1.54) is 0 Å². The molecule has 0 rings (SSSR count). The van der Waals surface area contributed by atoms with Crippen molar-refractivity contribution in [3.8, 4) is 0 Å². The minimum absolute atomic E-state index is 0.110. The molecule has 0 saturated heterocycles. The van der Waals surface area contributed by atoms with Crippen molar-refractivity contribution in [2.45, 2.75) is 64.8 Å². The van der Waals surface area contributed by atoms with Crippen LogP contribution in [0.4, 0.5) is 0 Å². The van der Waals surface area contributed by atoms with Crippen LogP contribution in [0.25, 0.3) is 0 Å². The predicted molar refractivity (Wildman–Crippen MR) is 76.1 cm³/mol. The van der Waals surface area contributed by atoms with Crippen LogP contribution in [-0.4, -0.2) is 31.6 Å². The Hall–Kier alpha value is 0.571. The first-order chi connectivity index (χ1) is 6.63. The molecule has 5 heteroatoms. The Kier molecular flexibility index (Phi) is 5.99. The van der Waals surface area contributed by atoms with Crippen molar-refractivity contribution >= 4 is 26.4 Å². The molecule has 0 amide bonds. The summed E-state index contributed by atoms with van der Waals surface area (Å²) in [6.07, 6.45) is 1.11. The first kappa shape index (κ1) is 15.6. The topological polar surface area (TPSA) is 18.5 Å². The van der Waals surface area contributed by atoms with Gasteiger partial charge in [0.1, 0.15) is 0 Å². The van der Waals surface area contributed by atoms with Gasteiger partial charge in [-0.2, -0.15) is 0 Å². The third-order valence-corrected chi connectivity index (χ3v) is 11.2. The van der Waals surface area contributed by atoms with Crippen molar-refractivity contribution in [2.24, 2.45) is 0 Å². The van der Waals surface area contributed by atoms with Crippen molar-refractivity contribution in [3.63, 3.8) is 0 Å². The number of hydrogen-bond donors (Lipinski definition) is 0. The lowest BCUT2D eigenvalue weighted by Gasteiger charge is -2.40. The van der Waals surface area contributed by atoms with Crippen molar-refractivity contribution in [3.05, 3.63) is 0 Å². The molecule has 0 radical (unpaired) electrons. The predicted octanol–water partition coefficient (Wildman–Crippen LogP) is 2.90. The van der Waals surface area contributed by atoms with Gasteiger partial charge in [0.15, 0.2) is 9.04 Å². The second-order valence-corrected chi connectivity index (χ2v) is 15.1. The van der Waals surface area contributed by atoms with Crippen LogP contribution in [0.2, 0.25) is 39.3 Å². The van der Waals surface area contributed by atoms with Crippen molar-refractivity contribution in [2.75, 3.05) is 0 Å². The SMILES string of the molecule is CCC(C)(O[Si](C)(C)O[SiH](C)C)[SiH](C)C. The molecule has 92 valence electrons. The van der Waals surface area contributed by atoms with Crippen LogP contribution < -0.4 is 0 Å². The van der Waals surface area contributed by atoms with Gasteiger partial charge in [-0.1, -0.05) is 20.0 Å². The zero-order valence-electron chi connectivity index (χ0n) is 11.7. The molecule has 0 fully saturated rings. The van der Waals surface area contributed by atoms with E-state index in [1.807, 2.05) is 0 Å². The zero-order chi connectivity index (χ0) is 12.3. The van der Waals surface area contributed by atoms with Crippen LogP contribution in [0.5, 0.6) is 0 Å². The van der Waals surface area contributed by atoms with Crippen LogP contribution in [0.3, 0.4) is 0 Å². The van der Waals surface area contributed by atoms with Crippen molar-refractivity contribution in [1.29, 1.82) is 0 Å². The normalized spacial score (nSPS) is 17.2. The number of rotatable bonds is 6. The smallest absolute Gasteiger partial charge is 0.321 e. The monoisotopic (exact) mass is 264 g/mol. The van der Waals surface area contributed by atoms with Crippen LogP contribution in [0, 0.1) is 0 Å². The van der Waals surface area contributed by atoms with Crippen molar-refractivity contribution < 1.29 is 8.54 Å². The van der Waals surface area contributed by atoms with Gasteiger partial charge < -0.3 is 8.54 Å². The molecule has 15 heavy (non-hydrogen) atoms. The molecule has 0 aliphatic carbocycles. The molecule has 1 atom stereocenters. The molecule has 0 aromatic carbocycles. The molecule has 0 aromatic heterocycles. The van der Waals surface area contributed by atoms with E-state index in [1.54, 1.807) is 0 Å². The van der Waals surface area contributed by atoms with Gasteiger partial charge in [0, 0.05) is 5.22 Å². The molecule has 1 unspecified atom stereocenters. The van der Waals surface area contributed by atoms with Crippen LogP contribution in [0.1, 0.15) is 20.3 Å². The molecule has 0 aliphatic rings. The lowest BCUT2D eigenvalue weighted by atomic mass is 10.3. The highest BCUT2D eigenvalue weighted by Crippen LogP contribution is 2.25. The fourth-order valence-electron chi connectivity index (χ4n) is 1.75. The van der Waals surface area contributed by atoms with Gasteiger partial charge in [-0.3, -0.25) is 0 Å². The van der Waals surface area contributed by atoms with E-state index in [-0.39, 0.29) is 5.22 Å². The minimum atomic E-state index is -1.89. The Bertz CT molecular complexity index is 195. The maximum absolute atomic E-state index is 6.36. The largest absolute Gasteiger partial charge is 0.439 e. The first-order valence-corrected chi connectivity index (χ1v) is 14.5. The summed E-state index contributed by atoms with van der Waals surface area (Å²) in [6.45, 7) is 18.0. The van der Waals surface area contributed by atoms with Gasteiger partial charge in [-0.15, -0.1) is 0 Å². The van der Waals surface area contributed by atoms with Crippen LogP contribution >= 0.6 is 0 Å². The Morgan fingerprint density at radius 3 is 1.87 bits per heavy atom. The van der Waals surface area contributed by atoms with Crippen LogP contribution in [-0.2, 0) is 8.54 Å². The molecule has 0 bridgehead atoms. The summed E-state index contributed by atoms with van der Waals surface area (Å²) in [4.78, 5) is 0. The summed E-state index contributed by atoms with van der Waals surface area (Å²) in [7, 11) is -3.66. The highest BCUT2D eigenvalue weighted by molar-refractivity contribution is 6.74. The Morgan fingerprint density at radius 2 is 1.60 bits per heavy atom. The molecule has 0 heterocycles.